The Labute approximate surface area is 222 Å². The van der Waals surface area contributed by atoms with E-state index in [-0.39, 0.29) is 35.9 Å². The van der Waals surface area contributed by atoms with Gasteiger partial charge in [-0.3, -0.25) is 19.8 Å². The number of Topliss-reactive ketones (excluding diaryl/α,β-unsaturated/α-hetero) is 1. The summed E-state index contributed by atoms with van der Waals surface area (Å²) in [5.41, 5.74) is 9.01. The number of aliphatic carboxylic acids is 1. The van der Waals surface area contributed by atoms with Gasteiger partial charge < -0.3 is 20.3 Å². The Morgan fingerprint density at radius 3 is 2.38 bits per heavy atom. The van der Waals surface area contributed by atoms with Crippen LogP contribution in [0.3, 0.4) is 0 Å². The van der Waals surface area contributed by atoms with Gasteiger partial charge in [-0.25, -0.2) is 0 Å². The Bertz CT molecular complexity index is 1310. The van der Waals surface area contributed by atoms with Crippen molar-refractivity contribution in [1.29, 1.82) is 5.41 Å². The van der Waals surface area contributed by atoms with Crippen molar-refractivity contribution in [1.82, 2.24) is 4.57 Å². The molecule has 1 aromatic heterocycles. The number of amides is 1. The number of hydrogen-bond acceptors (Lipinski definition) is 4. The van der Waals surface area contributed by atoms with Gasteiger partial charge in [-0.05, 0) is 43.0 Å². The van der Waals surface area contributed by atoms with Crippen molar-refractivity contribution >= 4 is 52.5 Å². The highest BCUT2D eigenvalue weighted by molar-refractivity contribution is 6.10. The number of carbonyl (C=O) groups excluding carboxylic acids is 2. The Morgan fingerprint density at radius 2 is 1.76 bits per heavy atom. The number of carbonyl (C=O) groups is 3. The molecule has 0 atom stereocenters. The van der Waals surface area contributed by atoms with E-state index in [1.807, 2.05) is 29.8 Å². The summed E-state index contributed by atoms with van der Waals surface area (Å²) in [7, 11) is 1.86. The summed E-state index contributed by atoms with van der Waals surface area (Å²) in [5, 5.41) is 17.7. The molecule has 0 aliphatic heterocycles. The first-order valence-electron chi connectivity index (χ1n) is 12.3. The quantitative estimate of drug-likeness (QED) is 0.212. The maximum atomic E-state index is 13.3. The highest BCUT2D eigenvalue weighted by Gasteiger charge is 2.29. The van der Waals surface area contributed by atoms with Crippen molar-refractivity contribution in [3.05, 3.63) is 65.4 Å². The van der Waals surface area contributed by atoms with E-state index in [2.05, 4.69) is 0 Å². The van der Waals surface area contributed by atoms with Crippen LogP contribution >= 0.6 is 12.4 Å². The van der Waals surface area contributed by atoms with Crippen LogP contribution in [0.15, 0.2) is 48.7 Å². The summed E-state index contributed by atoms with van der Waals surface area (Å²) in [4.78, 5) is 39.5. The molecule has 196 valence electrons. The molecule has 9 heteroatoms. The number of carboxylic acid groups (broad SMARTS) is 1. The van der Waals surface area contributed by atoms with E-state index in [1.165, 1.54) is 4.90 Å². The molecule has 2 aromatic carbocycles. The second-order valence-corrected chi connectivity index (χ2v) is 9.54. The van der Waals surface area contributed by atoms with E-state index in [1.54, 1.807) is 30.5 Å². The zero-order valence-corrected chi connectivity index (χ0v) is 21.7. The van der Waals surface area contributed by atoms with Crippen molar-refractivity contribution < 1.29 is 19.5 Å². The number of aromatic nitrogens is 1. The molecule has 1 fully saturated rings. The molecule has 0 spiro atoms. The zero-order valence-electron chi connectivity index (χ0n) is 20.9. The molecule has 1 amide bonds. The number of benzene rings is 2. The molecule has 1 saturated carbocycles. The predicted octanol–water partition coefficient (Wildman–Crippen LogP) is 4.70. The first kappa shape index (κ1) is 27.9. The SMILES string of the molecule is Cl.Cn1cc(C(=O)CCc2ccc(C(=N)N)cc2)c2cc(N(CC(=O)O)C(=O)C3CCCCC3)ccc21. The lowest BCUT2D eigenvalue weighted by Crippen LogP contribution is -2.40. The lowest BCUT2D eigenvalue weighted by molar-refractivity contribution is -0.137. The van der Waals surface area contributed by atoms with Crippen molar-refractivity contribution in [3.63, 3.8) is 0 Å². The van der Waals surface area contributed by atoms with Gasteiger partial charge in [0.25, 0.3) is 0 Å². The number of hydrogen-bond donors (Lipinski definition) is 3. The minimum Gasteiger partial charge on any atom is -0.480 e. The third-order valence-corrected chi connectivity index (χ3v) is 7.00. The Balaban J connectivity index is 0.00000380. The number of nitrogens with zero attached hydrogens (tertiary/aromatic N) is 2. The summed E-state index contributed by atoms with van der Waals surface area (Å²) in [6.07, 6.45) is 7.24. The molecular weight excluding hydrogens is 492 g/mol. The van der Waals surface area contributed by atoms with Gasteiger partial charge in [0.2, 0.25) is 5.91 Å². The van der Waals surface area contributed by atoms with Crippen molar-refractivity contribution in [2.45, 2.75) is 44.9 Å². The molecule has 4 N–H and O–H groups in total. The molecule has 3 aromatic rings. The molecule has 1 aliphatic rings. The van der Waals surface area contributed by atoms with E-state index in [9.17, 15) is 19.5 Å². The third-order valence-electron chi connectivity index (χ3n) is 7.00. The maximum Gasteiger partial charge on any atom is 0.323 e. The number of rotatable bonds is 9. The fraction of sp³-hybridized carbons (Fsp3) is 0.357. The zero-order chi connectivity index (χ0) is 25.8. The summed E-state index contributed by atoms with van der Waals surface area (Å²) in [5.74, 6) is -1.42. The summed E-state index contributed by atoms with van der Waals surface area (Å²) >= 11 is 0. The number of aryl methyl sites for hydroxylation is 2. The highest BCUT2D eigenvalue weighted by Crippen LogP contribution is 2.31. The largest absolute Gasteiger partial charge is 0.480 e. The van der Waals surface area contributed by atoms with Crippen molar-refractivity contribution in [3.8, 4) is 0 Å². The van der Waals surface area contributed by atoms with Gasteiger partial charge in [0.1, 0.15) is 12.4 Å². The molecule has 0 unspecified atom stereocenters. The third kappa shape index (κ3) is 6.38. The standard InChI is InChI=1S/C28H32N4O4.ClH/c1-31-16-23(25(33)14-9-18-7-10-19(11-8-18)27(29)30)22-15-21(12-13-24(22)31)32(17-26(34)35)28(36)20-5-3-2-4-6-20;/h7-8,10-13,15-16,20H,2-6,9,14,17H2,1H3,(H3,29,30)(H,34,35);1H. The van der Waals surface area contributed by atoms with Crippen LogP contribution in [0, 0.1) is 11.3 Å². The van der Waals surface area contributed by atoms with Gasteiger partial charge >= 0.3 is 5.97 Å². The predicted molar refractivity (Wildman–Crippen MR) is 147 cm³/mol. The maximum absolute atomic E-state index is 13.3. The summed E-state index contributed by atoms with van der Waals surface area (Å²) in [6.45, 7) is -0.410. The smallest absolute Gasteiger partial charge is 0.323 e. The van der Waals surface area contributed by atoms with Crippen LogP contribution in [0.2, 0.25) is 0 Å². The lowest BCUT2D eigenvalue weighted by Gasteiger charge is -2.28. The topological polar surface area (TPSA) is 129 Å². The van der Waals surface area contributed by atoms with E-state index in [0.29, 0.717) is 35.0 Å². The van der Waals surface area contributed by atoms with Gasteiger partial charge in [0.05, 0.1) is 0 Å². The van der Waals surface area contributed by atoms with E-state index < -0.39 is 12.5 Å². The normalized spacial score (nSPS) is 13.6. The highest BCUT2D eigenvalue weighted by atomic mass is 35.5. The summed E-state index contributed by atoms with van der Waals surface area (Å²) in [6, 6.07) is 12.6. The molecule has 0 radical (unpaired) electrons. The number of fused-ring (bicyclic) bond motifs is 1. The van der Waals surface area contributed by atoms with E-state index in [4.69, 9.17) is 11.1 Å². The van der Waals surface area contributed by atoms with Crippen LogP contribution in [0.1, 0.15) is 60.0 Å². The Morgan fingerprint density at radius 1 is 1.08 bits per heavy atom. The van der Waals surface area contributed by atoms with Gasteiger partial charge in [-0.1, -0.05) is 43.5 Å². The Kier molecular flexibility index (Phi) is 9.10. The molecular formula is C28H33ClN4O4. The van der Waals surface area contributed by atoms with Gasteiger partial charge in [0.15, 0.2) is 5.78 Å². The number of nitrogens with one attached hydrogen (secondary N) is 1. The first-order chi connectivity index (χ1) is 17.2. The van der Waals surface area contributed by atoms with Crippen molar-refractivity contribution in [2.24, 2.45) is 18.7 Å². The van der Waals surface area contributed by atoms with Crippen LogP contribution in [0.25, 0.3) is 10.9 Å². The molecule has 8 nitrogen and oxygen atoms in total. The number of halogens is 1. The number of nitrogen functional groups attached to an aromatic ring is 1. The number of amidine groups is 1. The molecule has 1 heterocycles. The van der Waals surface area contributed by atoms with Crippen LogP contribution < -0.4 is 10.6 Å². The van der Waals surface area contributed by atoms with Gasteiger partial charge in [0, 0.05) is 53.3 Å². The van der Waals surface area contributed by atoms with E-state index >= 15 is 0 Å². The van der Waals surface area contributed by atoms with Gasteiger partial charge in [-0.15, -0.1) is 12.4 Å². The number of nitrogens with two attached hydrogens (primary N) is 1. The average molecular weight is 525 g/mol. The van der Waals surface area contributed by atoms with Crippen LogP contribution in [-0.4, -0.2) is 39.7 Å². The number of carboxylic acids is 1. The molecule has 0 saturated heterocycles. The van der Waals surface area contributed by atoms with E-state index in [0.717, 1.165) is 43.2 Å². The fourth-order valence-corrected chi connectivity index (χ4v) is 5.02. The minimum atomic E-state index is -1.07. The molecule has 0 bridgehead atoms. The summed E-state index contributed by atoms with van der Waals surface area (Å²) < 4.78 is 1.87. The number of anilines is 1. The second-order valence-electron chi connectivity index (χ2n) is 9.54. The molecule has 1 aliphatic carbocycles. The second kappa shape index (κ2) is 12.1. The van der Waals surface area contributed by atoms with Crippen LogP contribution in [0.4, 0.5) is 5.69 Å². The fourth-order valence-electron chi connectivity index (χ4n) is 5.02. The van der Waals surface area contributed by atoms with Crippen molar-refractivity contribution in [2.75, 3.05) is 11.4 Å². The van der Waals surface area contributed by atoms with Crippen LogP contribution in [-0.2, 0) is 23.1 Å². The number of ketones is 1. The lowest BCUT2D eigenvalue weighted by atomic mass is 9.88. The molecule has 37 heavy (non-hydrogen) atoms. The minimum absolute atomic E-state index is 0. The monoisotopic (exact) mass is 524 g/mol. The average Bonchev–Trinajstić information content (AvgIpc) is 3.21. The van der Waals surface area contributed by atoms with Gasteiger partial charge in [-0.2, -0.15) is 0 Å². The molecule has 4 rings (SSSR count). The Hall–Kier alpha value is -3.65. The first-order valence-corrected chi connectivity index (χ1v) is 12.3. The van der Waals surface area contributed by atoms with Crippen LogP contribution in [0.5, 0.6) is 0 Å².